The summed E-state index contributed by atoms with van der Waals surface area (Å²) in [5.74, 6) is -0.306. The van der Waals surface area contributed by atoms with Crippen molar-refractivity contribution in [2.75, 3.05) is 13.6 Å². The molecule has 0 unspecified atom stereocenters. The van der Waals surface area contributed by atoms with Crippen molar-refractivity contribution in [1.82, 2.24) is 9.62 Å². The molecule has 1 aromatic rings. The number of nitrogens with zero attached hydrogens (tertiary/aromatic N) is 1. The maximum atomic E-state index is 12.2. The highest BCUT2D eigenvalue weighted by atomic mass is 32.2. The number of likely N-dealkylation sites (N-methyl/N-ethyl adjacent to an activating group) is 1. The summed E-state index contributed by atoms with van der Waals surface area (Å²) in [5, 5.41) is 13.9. The molecule has 1 aromatic heterocycles. The van der Waals surface area contributed by atoms with Crippen molar-refractivity contribution < 1.29 is 18.3 Å². The fourth-order valence-corrected chi connectivity index (χ4v) is 4.67. The summed E-state index contributed by atoms with van der Waals surface area (Å²) in [5.41, 5.74) is 0. The van der Waals surface area contributed by atoms with Gasteiger partial charge in [0.15, 0.2) is 0 Å². The Bertz CT molecular complexity index is 563. The molecule has 1 aliphatic carbocycles. The van der Waals surface area contributed by atoms with Crippen LogP contribution in [0.3, 0.4) is 0 Å². The SMILES string of the molecule is CN(CC(=O)NC1CCC(O)CC1)S(=O)(=O)c1cccs1. The lowest BCUT2D eigenvalue weighted by Gasteiger charge is -2.26. The minimum Gasteiger partial charge on any atom is -0.393 e. The first kappa shape index (κ1) is 16.4. The number of hydrogen-bond acceptors (Lipinski definition) is 5. The highest BCUT2D eigenvalue weighted by Crippen LogP contribution is 2.20. The number of sulfonamides is 1. The molecule has 0 atom stereocenters. The molecule has 8 heteroatoms. The highest BCUT2D eigenvalue weighted by molar-refractivity contribution is 7.91. The second kappa shape index (κ2) is 6.87. The number of thiophene rings is 1. The van der Waals surface area contributed by atoms with Gasteiger partial charge in [0, 0.05) is 13.1 Å². The predicted molar refractivity (Wildman–Crippen MR) is 80.5 cm³/mol. The molecule has 2 N–H and O–H groups in total. The zero-order valence-electron chi connectivity index (χ0n) is 11.9. The normalized spacial score (nSPS) is 23.2. The first-order valence-corrected chi connectivity index (χ1v) is 9.19. The van der Waals surface area contributed by atoms with E-state index < -0.39 is 10.0 Å². The zero-order valence-corrected chi connectivity index (χ0v) is 13.5. The van der Waals surface area contributed by atoms with E-state index in [1.54, 1.807) is 11.4 Å². The van der Waals surface area contributed by atoms with Crippen LogP contribution in [0.15, 0.2) is 21.7 Å². The van der Waals surface area contributed by atoms with E-state index in [-0.39, 0.29) is 28.8 Å². The summed E-state index contributed by atoms with van der Waals surface area (Å²) < 4.78 is 25.7. The van der Waals surface area contributed by atoms with E-state index in [1.165, 1.54) is 13.1 Å². The molecular weight excluding hydrogens is 312 g/mol. The monoisotopic (exact) mass is 332 g/mol. The number of rotatable bonds is 5. The van der Waals surface area contributed by atoms with Gasteiger partial charge in [0.25, 0.3) is 10.0 Å². The average molecular weight is 332 g/mol. The molecule has 118 valence electrons. The number of aliphatic hydroxyl groups is 1. The smallest absolute Gasteiger partial charge is 0.252 e. The Labute approximate surface area is 128 Å². The molecule has 1 amide bonds. The van der Waals surface area contributed by atoms with E-state index >= 15 is 0 Å². The van der Waals surface area contributed by atoms with Crippen molar-refractivity contribution in [1.29, 1.82) is 0 Å². The fraction of sp³-hybridized carbons (Fsp3) is 0.615. The van der Waals surface area contributed by atoms with Crippen molar-refractivity contribution in [2.45, 2.75) is 42.0 Å². The maximum absolute atomic E-state index is 12.2. The quantitative estimate of drug-likeness (QED) is 0.834. The number of hydrogen-bond donors (Lipinski definition) is 2. The van der Waals surface area contributed by atoms with Crippen LogP contribution in [0.1, 0.15) is 25.7 Å². The van der Waals surface area contributed by atoms with Gasteiger partial charge >= 0.3 is 0 Å². The van der Waals surface area contributed by atoms with E-state index in [0.29, 0.717) is 12.8 Å². The van der Waals surface area contributed by atoms with Crippen molar-refractivity contribution in [3.63, 3.8) is 0 Å². The number of nitrogens with one attached hydrogen (secondary N) is 1. The minimum absolute atomic E-state index is 0.0266. The van der Waals surface area contributed by atoms with Gasteiger partial charge in [0.05, 0.1) is 12.6 Å². The largest absolute Gasteiger partial charge is 0.393 e. The van der Waals surface area contributed by atoms with Crippen molar-refractivity contribution in [2.24, 2.45) is 0 Å². The van der Waals surface area contributed by atoms with Gasteiger partial charge in [-0.15, -0.1) is 11.3 Å². The van der Waals surface area contributed by atoms with Crippen LogP contribution in [-0.2, 0) is 14.8 Å². The summed E-state index contributed by atoms with van der Waals surface area (Å²) in [6.45, 7) is -0.195. The lowest BCUT2D eigenvalue weighted by Crippen LogP contribution is -2.44. The Morgan fingerprint density at radius 2 is 2.10 bits per heavy atom. The lowest BCUT2D eigenvalue weighted by molar-refractivity contribution is -0.122. The second-order valence-corrected chi connectivity index (χ2v) is 8.49. The van der Waals surface area contributed by atoms with E-state index in [9.17, 15) is 18.3 Å². The molecule has 0 radical (unpaired) electrons. The van der Waals surface area contributed by atoms with E-state index in [0.717, 1.165) is 28.5 Å². The van der Waals surface area contributed by atoms with Gasteiger partial charge in [0.1, 0.15) is 4.21 Å². The first-order valence-electron chi connectivity index (χ1n) is 6.87. The Kier molecular flexibility index (Phi) is 5.37. The van der Waals surface area contributed by atoms with Gasteiger partial charge in [-0.05, 0) is 37.1 Å². The van der Waals surface area contributed by atoms with Crippen LogP contribution in [0.5, 0.6) is 0 Å². The van der Waals surface area contributed by atoms with Crippen molar-refractivity contribution in [3.8, 4) is 0 Å². The topological polar surface area (TPSA) is 86.7 Å². The standard InChI is InChI=1S/C13H20N2O4S2/c1-15(21(18,19)13-3-2-8-20-13)9-12(17)14-10-4-6-11(16)7-5-10/h2-3,8,10-11,16H,4-7,9H2,1H3,(H,14,17). The number of carbonyl (C=O) groups excluding carboxylic acids is 1. The summed E-state index contributed by atoms with van der Waals surface area (Å²) in [4.78, 5) is 11.9. The molecule has 0 aliphatic heterocycles. The summed E-state index contributed by atoms with van der Waals surface area (Å²) in [6, 6.07) is 3.22. The summed E-state index contributed by atoms with van der Waals surface area (Å²) in [7, 11) is -2.19. The Balaban J connectivity index is 1.88. The molecule has 0 aromatic carbocycles. The molecule has 0 bridgehead atoms. The number of aliphatic hydroxyl groups excluding tert-OH is 1. The zero-order chi connectivity index (χ0) is 15.5. The minimum atomic E-state index is -3.59. The molecule has 1 heterocycles. The Morgan fingerprint density at radius 1 is 1.43 bits per heavy atom. The third kappa shape index (κ3) is 4.26. The molecule has 1 saturated carbocycles. The highest BCUT2D eigenvalue weighted by Gasteiger charge is 2.26. The predicted octanol–water partition coefficient (Wildman–Crippen LogP) is 0.788. The van der Waals surface area contributed by atoms with Crippen LogP contribution in [0.2, 0.25) is 0 Å². The van der Waals surface area contributed by atoms with Gasteiger partial charge in [-0.1, -0.05) is 6.07 Å². The van der Waals surface area contributed by atoms with Crippen LogP contribution in [0, 0.1) is 0 Å². The van der Waals surface area contributed by atoms with Gasteiger partial charge in [-0.3, -0.25) is 4.79 Å². The van der Waals surface area contributed by atoms with Crippen LogP contribution in [0.4, 0.5) is 0 Å². The van der Waals surface area contributed by atoms with Gasteiger partial charge < -0.3 is 10.4 Å². The van der Waals surface area contributed by atoms with E-state index in [1.807, 2.05) is 0 Å². The third-order valence-corrected chi connectivity index (χ3v) is 6.76. The summed E-state index contributed by atoms with van der Waals surface area (Å²) in [6.07, 6.45) is 2.53. The van der Waals surface area contributed by atoms with Crippen molar-refractivity contribution >= 4 is 27.3 Å². The van der Waals surface area contributed by atoms with Crippen LogP contribution in [0.25, 0.3) is 0 Å². The van der Waals surface area contributed by atoms with Crippen molar-refractivity contribution in [3.05, 3.63) is 17.5 Å². The van der Waals surface area contributed by atoms with Crippen LogP contribution in [-0.4, -0.2) is 49.5 Å². The van der Waals surface area contributed by atoms with E-state index in [2.05, 4.69) is 5.32 Å². The third-order valence-electron chi connectivity index (χ3n) is 3.59. The van der Waals surface area contributed by atoms with E-state index in [4.69, 9.17) is 0 Å². The summed E-state index contributed by atoms with van der Waals surface area (Å²) >= 11 is 1.13. The molecular formula is C13H20N2O4S2. The second-order valence-electron chi connectivity index (χ2n) is 5.27. The fourth-order valence-electron chi connectivity index (χ4n) is 2.34. The molecule has 2 rings (SSSR count). The molecule has 21 heavy (non-hydrogen) atoms. The molecule has 0 spiro atoms. The number of carbonyl (C=O) groups is 1. The Morgan fingerprint density at radius 3 is 2.67 bits per heavy atom. The first-order chi connectivity index (χ1) is 9.89. The molecule has 0 saturated heterocycles. The molecule has 1 fully saturated rings. The van der Waals surface area contributed by atoms with Crippen LogP contribution < -0.4 is 5.32 Å². The lowest BCUT2D eigenvalue weighted by atomic mass is 9.93. The van der Waals surface area contributed by atoms with Gasteiger partial charge in [-0.25, -0.2) is 8.42 Å². The average Bonchev–Trinajstić information content (AvgIpc) is 2.96. The maximum Gasteiger partial charge on any atom is 0.252 e. The molecule has 6 nitrogen and oxygen atoms in total. The van der Waals surface area contributed by atoms with Crippen LogP contribution >= 0.6 is 11.3 Å². The van der Waals surface area contributed by atoms with Gasteiger partial charge in [0.2, 0.25) is 5.91 Å². The number of amides is 1. The Hall–Kier alpha value is -0.960. The molecule has 1 aliphatic rings. The van der Waals surface area contributed by atoms with Gasteiger partial charge in [-0.2, -0.15) is 4.31 Å².